The highest BCUT2D eigenvalue weighted by molar-refractivity contribution is 4.98. The Bertz CT molecular complexity index is 218. The van der Waals surface area contributed by atoms with E-state index in [4.69, 9.17) is 0 Å². The average Bonchev–Trinajstić information content (AvgIpc) is 2.23. The van der Waals surface area contributed by atoms with E-state index in [9.17, 15) is 0 Å². The van der Waals surface area contributed by atoms with Gasteiger partial charge in [0.15, 0.2) is 0 Å². The lowest BCUT2D eigenvalue weighted by atomic mass is 9.75. The highest BCUT2D eigenvalue weighted by Gasteiger charge is 2.39. The highest BCUT2D eigenvalue weighted by Crippen LogP contribution is 2.36. The van der Waals surface area contributed by atoms with Gasteiger partial charge in [-0.2, -0.15) is 0 Å². The van der Waals surface area contributed by atoms with Gasteiger partial charge in [0.1, 0.15) is 0 Å². The number of hydrogen-bond donors (Lipinski definition) is 1. The van der Waals surface area contributed by atoms with Crippen LogP contribution < -0.4 is 5.32 Å². The molecule has 108 valence electrons. The molecule has 0 radical (unpaired) electrons. The Kier molecular flexibility index (Phi) is 6.61. The molecule has 1 fully saturated rings. The summed E-state index contributed by atoms with van der Waals surface area (Å²) in [5.41, 5.74) is 0.456. The number of nitrogens with zero attached hydrogens (tertiary/aromatic N) is 2. The van der Waals surface area contributed by atoms with Crippen molar-refractivity contribution < 1.29 is 0 Å². The smallest absolute Gasteiger partial charge is 0.0330 e. The van der Waals surface area contributed by atoms with Gasteiger partial charge in [0.2, 0.25) is 0 Å². The summed E-state index contributed by atoms with van der Waals surface area (Å²) in [6.45, 7) is 7.95. The van der Waals surface area contributed by atoms with Crippen molar-refractivity contribution in [1.29, 1.82) is 0 Å². The molecule has 18 heavy (non-hydrogen) atoms. The van der Waals surface area contributed by atoms with E-state index >= 15 is 0 Å². The maximum absolute atomic E-state index is 3.61. The zero-order chi connectivity index (χ0) is 13.6. The summed E-state index contributed by atoms with van der Waals surface area (Å²) in [7, 11) is 6.76. The Morgan fingerprint density at radius 2 is 1.83 bits per heavy atom. The van der Waals surface area contributed by atoms with Crippen LogP contribution in [0.2, 0.25) is 0 Å². The molecule has 0 bridgehead atoms. The molecule has 0 aromatic heterocycles. The van der Waals surface area contributed by atoms with Crippen LogP contribution in [0.25, 0.3) is 0 Å². The molecule has 1 aliphatic carbocycles. The number of hydrogen-bond acceptors (Lipinski definition) is 3. The quantitative estimate of drug-likeness (QED) is 0.681. The van der Waals surface area contributed by atoms with Crippen LogP contribution in [0.3, 0.4) is 0 Å². The average molecular weight is 255 g/mol. The van der Waals surface area contributed by atoms with Crippen LogP contribution in [-0.4, -0.2) is 62.2 Å². The van der Waals surface area contributed by atoms with Crippen molar-refractivity contribution in [2.24, 2.45) is 0 Å². The van der Waals surface area contributed by atoms with E-state index in [0.29, 0.717) is 11.6 Å². The second kappa shape index (κ2) is 7.46. The second-order valence-corrected chi connectivity index (χ2v) is 6.21. The van der Waals surface area contributed by atoms with Crippen LogP contribution in [0.1, 0.15) is 46.0 Å². The van der Waals surface area contributed by atoms with Crippen LogP contribution in [0, 0.1) is 0 Å². The Labute approximate surface area is 114 Å². The molecule has 1 saturated carbocycles. The lowest BCUT2D eigenvalue weighted by Gasteiger charge is -2.49. The third-order valence-electron chi connectivity index (χ3n) is 4.46. The van der Waals surface area contributed by atoms with E-state index in [1.807, 2.05) is 0 Å². The van der Waals surface area contributed by atoms with Gasteiger partial charge in [-0.15, -0.1) is 0 Å². The monoisotopic (exact) mass is 255 g/mol. The molecule has 0 aromatic rings. The first-order valence-corrected chi connectivity index (χ1v) is 7.63. The minimum Gasteiger partial charge on any atom is -0.313 e. The topological polar surface area (TPSA) is 18.5 Å². The fraction of sp³-hybridized carbons (Fsp3) is 1.00. The van der Waals surface area contributed by atoms with Crippen molar-refractivity contribution in [1.82, 2.24) is 15.1 Å². The maximum Gasteiger partial charge on any atom is 0.0330 e. The lowest BCUT2D eigenvalue weighted by Crippen LogP contribution is -2.57. The predicted octanol–water partition coefficient (Wildman–Crippen LogP) is 2.18. The third-order valence-corrected chi connectivity index (χ3v) is 4.46. The van der Waals surface area contributed by atoms with Gasteiger partial charge < -0.3 is 15.1 Å². The zero-order valence-corrected chi connectivity index (χ0v) is 13.1. The van der Waals surface area contributed by atoms with Gasteiger partial charge in [-0.3, -0.25) is 0 Å². The maximum atomic E-state index is 3.61. The first-order valence-electron chi connectivity index (χ1n) is 7.63. The summed E-state index contributed by atoms with van der Waals surface area (Å²) in [5.74, 6) is 0. The minimum absolute atomic E-state index is 0.456. The first-order chi connectivity index (χ1) is 8.54. The van der Waals surface area contributed by atoms with Crippen LogP contribution in [0.5, 0.6) is 0 Å². The molecule has 1 aliphatic rings. The molecule has 1 rings (SSSR count). The van der Waals surface area contributed by atoms with E-state index in [1.54, 1.807) is 0 Å². The van der Waals surface area contributed by atoms with Crippen LogP contribution >= 0.6 is 0 Å². The molecule has 1 atom stereocenters. The molecule has 0 spiro atoms. The predicted molar refractivity (Wildman–Crippen MR) is 80.1 cm³/mol. The molecular weight excluding hydrogens is 222 g/mol. The molecule has 3 nitrogen and oxygen atoms in total. The molecule has 0 aromatic carbocycles. The lowest BCUT2D eigenvalue weighted by molar-refractivity contribution is 0.0254. The van der Waals surface area contributed by atoms with E-state index in [0.717, 1.165) is 6.54 Å². The second-order valence-electron chi connectivity index (χ2n) is 6.21. The minimum atomic E-state index is 0.456. The van der Waals surface area contributed by atoms with Crippen molar-refractivity contribution >= 4 is 0 Å². The van der Waals surface area contributed by atoms with Crippen LogP contribution in [-0.2, 0) is 0 Å². The van der Waals surface area contributed by atoms with Crippen LogP contribution in [0.4, 0.5) is 0 Å². The molecule has 0 aliphatic heterocycles. The van der Waals surface area contributed by atoms with E-state index in [-0.39, 0.29) is 0 Å². The van der Waals surface area contributed by atoms with Crippen molar-refractivity contribution in [3.8, 4) is 0 Å². The number of rotatable bonds is 9. The molecular formula is C15H33N3. The van der Waals surface area contributed by atoms with Gasteiger partial charge >= 0.3 is 0 Å². The molecule has 3 heteroatoms. The zero-order valence-electron chi connectivity index (χ0n) is 13.1. The molecule has 1 unspecified atom stereocenters. The summed E-state index contributed by atoms with van der Waals surface area (Å²) in [6, 6.07) is 0.657. The Hall–Kier alpha value is -0.120. The Morgan fingerprint density at radius 3 is 2.22 bits per heavy atom. The Balaban J connectivity index is 2.41. The Morgan fingerprint density at radius 1 is 1.17 bits per heavy atom. The fourth-order valence-corrected chi connectivity index (χ4v) is 3.17. The summed E-state index contributed by atoms with van der Waals surface area (Å²) in [5, 5.41) is 3.61. The molecule has 0 saturated heterocycles. The highest BCUT2D eigenvalue weighted by atomic mass is 15.2. The van der Waals surface area contributed by atoms with Gasteiger partial charge in [-0.1, -0.05) is 20.3 Å². The molecule has 0 amide bonds. The van der Waals surface area contributed by atoms with Crippen molar-refractivity contribution in [3.63, 3.8) is 0 Å². The fourth-order valence-electron chi connectivity index (χ4n) is 3.17. The van der Waals surface area contributed by atoms with Gasteiger partial charge in [0, 0.05) is 24.7 Å². The van der Waals surface area contributed by atoms with Gasteiger partial charge in [0.25, 0.3) is 0 Å². The first kappa shape index (κ1) is 15.9. The van der Waals surface area contributed by atoms with Crippen molar-refractivity contribution in [2.75, 3.05) is 40.8 Å². The van der Waals surface area contributed by atoms with Crippen LogP contribution in [0.15, 0.2) is 0 Å². The van der Waals surface area contributed by atoms with Gasteiger partial charge in [-0.25, -0.2) is 0 Å². The molecule has 0 heterocycles. The van der Waals surface area contributed by atoms with E-state index in [2.05, 4.69) is 50.1 Å². The summed E-state index contributed by atoms with van der Waals surface area (Å²) < 4.78 is 0. The number of nitrogens with one attached hydrogen (secondary N) is 1. The standard InChI is InChI=1S/C15H33N3/c1-6-9-14(16-7-2)12-18(5)13-15(17(3)4)10-8-11-15/h14,16H,6-13H2,1-5H3. The number of likely N-dealkylation sites (N-methyl/N-ethyl adjacent to an activating group) is 3. The summed E-state index contributed by atoms with van der Waals surface area (Å²) in [6.07, 6.45) is 6.68. The summed E-state index contributed by atoms with van der Waals surface area (Å²) in [4.78, 5) is 4.97. The third kappa shape index (κ3) is 4.22. The largest absolute Gasteiger partial charge is 0.313 e. The summed E-state index contributed by atoms with van der Waals surface area (Å²) >= 11 is 0. The van der Waals surface area contributed by atoms with E-state index in [1.165, 1.54) is 45.2 Å². The van der Waals surface area contributed by atoms with E-state index < -0.39 is 0 Å². The normalized spacial score (nSPS) is 20.2. The SMILES string of the molecule is CCCC(CN(C)CC1(N(C)C)CCC1)NCC. The van der Waals surface area contributed by atoms with Crippen molar-refractivity contribution in [3.05, 3.63) is 0 Å². The van der Waals surface area contributed by atoms with Gasteiger partial charge in [-0.05, 0) is 53.4 Å². The van der Waals surface area contributed by atoms with Crippen molar-refractivity contribution in [2.45, 2.75) is 57.5 Å². The van der Waals surface area contributed by atoms with Gasteiger partial charge in [0.05, 0.1) is 0 Å². The molecule has 1 N–H and O–H groups in total.